The number of rotatable bonds is 7. The second kappa shape index (κ2) is 6.99. The van der Waals surface area contributed by atoms with E-state index in [0.29, 0.717) is 18.9 Å². The average molecular weight is 306 g/mol. The quantitative estimate of drug-likeness (QED) is 0.638. The molecule has 0 aromatic heterocycles. The van der Waals surface area contributed by atoms with E-state index in [1.54, 1.807) is 0 Å². The summed E-state index contributed by atoms with van der Waals surface area (Å²) in [6, 6.07) is 7.40. The van der Waals surface area contributed by atoms with Crippen molar-refractivity contribution in [3.05, 3.63) is 29.8 Å². The van der Waals surface area contributed by atoms with Crippen molar-refractivity contribution in [1.82, 2.24) is 0 Å². The van der Waals surface area contributed by atoms with Crippen molar-refractivity contribution in [1.29, 1.82) is 0 Å². The number of hydrogen-bond acceptors (Lipinski definition) is 2. The molecule has 5 unspecified atom stereocenters. The summed E-state index contributed by atoms with van der Waals surface area (Å²) in [5.74, 6) is 2.94. The minimum atomic E-state index is -0.887. The van der Waals surface area contributed by atoms with Crippen molar-refractivity contribution in [2.75, 3.05) is 6.61 Å². The summed E-state index contributed by atoms with van der Waals surface area (Å²) in [4.78, 5) is 0. The maximum Gasteiger partial charge on any atom is 0.202 e. The highest BCUT2D eigenvalue weighted by atomic mass is 19.1. The fourth-order valence-electron chi connectivity index (χ4n) is 4.16. The first kappa shape index (κ1) is 15.8. The Morgan fingerprint density at radius 3 is 2.45 bits per heavy atom. The first-order valence-electron chi connectivity index (χ1n) is 8.73. The zero-order chi connectivity index (χ0) is 15.5. The highest BCUT2D eigenvalue weighted by molar-refractivity contribution is 5.28. The van der Waals surface area contributed by atoms with E-state index in [9.17, 15) is 4.39 Å². The number of fused-ring (bicyclic) bond motifs is 2. The van der Waals surface area contributed by atoms with Gasteiger partial charge in [-0.1, -0.05) is 25.5 Å². The summed E-state index contributed by atoms with van der Waals surface area (Å²) in [7, 11) is 0. The fourth-order valence-corrected chi connectivity index (χ4v) is 4.16. The lowest BCUT2D eigenvalue weighted by molar-refractivity contribution is -0.123. The summed E-state index contributed by atoms with van der Waals surface area (Å²) < 4.78 is 25.7. The Morgan fingerprint density at radius 2 is 1.91 bits per heavy atom. The molecule has 0 saturated heterocycles. The lowest BCUT2D eigenvalue weighted by atomic mass is 9.88. The van der Waals surface area contributed by atoms with Crippen LogP contribution in [0.4, 0.5) is 4.39 Å². The summed E-state index contributed by atoms with van der Waals surface area (Å²) in [5.41, 5.74) is 0.725. The normalized spacial score (nSPS) is 29.5. The third kappa shape index (κ3) is 3.29. The summed E-state index contributed by atoms with van der Waals surface area (Å²) in [6.07, 6.45) is 4.74. The largest absolute Gasteiger partial charge is 0.465 e. The number of hydrogen-bond donors (Lipinski definition) is 0. The zero-order valence-electron chi connectivity index (χ0n) is 13.6. The molecule has 2 bridgehead atoms. The maximum absolute atomic E-state index is 13.7. The van der Waals surface area contributed by atoms with Crippen molar-refractivity contribution < 1.29 is 13.9 Å². The fraction of sp³-hybridized carbons (Fsp3) is 0.684. The topological polar surface area (TPSA) is 18.5 Å². The molecule has 2 fully saturated rings. The van der Waals surface area contributed by atoms with E-state index in [0.717, 1.165) is 23.1 Å². The Bertz CT molecular complexity index is 473. The number of halogens is 1. The molecule has 1 aromatic rings. The molecule has 2 nitrogen and oxygen atoms in total. The van der Waals surface area contributed by atoms with E-state index in [1.165, 1.54) is 25.7 Å². The molecule has 0 spiro atoms. The van der Waals surface area contributed by atoms with Crippen LogP contribution < -0.4 is 4.74 Å². The monoisotopic (exact) mass is 306 g/mol. The van der Waals surface area contributed by atoms with Gasteiger partial charge in [0.25, 0.3) is 0 Å². The van der Waals surface area contributed by atoms with Crippen LogP contribution in [0.15, 0.2) is 24.3 Å². The van der Waals surface area contributed by atoms with Crippen LogP contribution in [0.1, 0.15) is 57.7 Å². The van der Waals surface area contributed by atoms with Gasteiger partial charge in [0.2, 0.25) is 6.29 Å². The molecule has 0 amide bonds. The predicted octanol–water partition coefficient (Wildman–Crippen LogP) is 5.28. The van der Waals surface area contributed by atoms with Crippen LogP contribution in [-0.2, 0) is 4.74 Å². The molecular weight excluding hydrogens is 279 g/mol. The van der Waals surface area contributed by atoms with Gasteiger partial charge in [-0.05, 0) is 62.1 Å². The van der Waals surface area contributed by atoms with Gasteiger partial charge in [0.05, 0.1) is 0 Å². The van der Waals surface area contributed by atoms with Gasteiger partial charge >= 0.3 is 0 Å². The first-order valence-corrected chi connectivity index (χ1v) is 8.73. The molecule has 3 heteroatoms. The van der Waals surface area contributed by atoms with Crippen LogP contribution in [0.3, 0.4) is 0 Å². The minimum Gasteiger partial charge on any atom is -0.465 e. The van der Waals surface area contributed by atoms with Crippen molar-refractivity contribution in [3.8, 4) is 5.75 Å². The van der Waals surface area contributed by atoms with Gasteiger partial charge in [0.1, 0.15) is 11.9 Å². The van der Waals surface area contributed by atoms with Gasteiger partial charge in [0.15, 0.2) is 0 Å². The molecule has 2 aliphatic rings. The van der Waals surface area contributed by atoms with Gasteiger partial charge in [-0.2, -0.15) is 0 Å². The second-order valence-electron chi connectivity index (χ2n) is 6.73. The molecule has 0 aliphatic heterocycles. The third-order valence-corrected chi connectivity index (χ3v) is 5.33. The molecule has 3 rings (SSSR count). The lowest BCUT2D eigenvalue weighted by Gasteiger charge is -2.30. The Balaban J connectivity index is 1.66. The first-order chi connectivity index (χ1) is 10.7. The molecule has 122 valence electrons. The Labute approximate surface area is 133 Å². The summed E-state index contributed by atoms with van der Waals surface area (Å²) >= 11 is 0. The molecule has 0 N–H and O–H groups in total. The van der Waals surface area contributed by atoms with Crippen molar-refractivity contribution >= 4 is 0 Å². The maximum atomic E-state index is 13.7. The molecule has 0 radical (unpaired) electrons. The SMILES string of the molecule is CCOC(Oc1ccc(C(F)CC)cc1)C1CC2CCC1C2. The lowest BCUT2D eigenvalue weighted by Crippen LogP contribution is -2.33. The van der Waals surface area contributed by atoms with Gasteiger partial charge in [-0.25, -0.2) is 4.39 Å². The standard InChI is InChI=1S/C19H27FO2/c1-3-18(20)14-7-9-16(10-8-14)22-19(21-4-2)17-12-13-5-6-15(17)11-13/h7-10,13,15,17-19H,3-6,11-12H2,1-2H3. The molecule has 22 heavy (non-hydrogen) atoms. The van der Waals surface area contributed by atoms with E-state index in [-0.39, 0.29) is 6.29 Å². The second-order valence-corrected chi connectivity index (χ2v) is 6.73. The van der Waals surface area contributed by atoms with E-state index >= 15 is 0 Å². The molecular formula is C19H27FO2. The minimum absolute atomic E-state index is 0.154. The van der Waals surface area contributed by atoms with Gasteiger partial charge in [0, 0.05) is 12.5 Å². The van der Waals surface area contributed by atoms with Crippen LogP contribution in [0, 0.1) is 17.8 Å². The summed E-state index contributed by atoms with van der Waals surface area (Å²) in [6.45, 7) is 4.54. The van der Waals surface area contributed by atoms with Gasteiger partial charge < -0.3 is 9.47 Å². The Morgan fingerprint density at radius 1 is 1.14 bits per heavy atom. The molecule has 2 aliphatic carbocycles. The average Bonchev–Trinajstić information content (AvgIpc) is 3.17. The van der Waals surface area contributed by atoms with Crippen molar-refractivity contribution in [2.24, 2.45) is 17.8 Å². The molecule has 1 aromatic carbocycles. The Hall–Kier alpha value is -1.09. The number of alkyl halides is 1. The highest BCUT2D eigenvalue weighted by Crippen LogP contribution is 2.50. The zero-order valence-corrected chi connectivity index (χ0v) is 13.6. The van der Waals surface area contributed by atoms with Crippen LogP contribution in [0.5, 0.6) is 5.75 Å². The third-order valence-electron chi connectivity index (χ3n) is 5.33. The van der Waals surface area contributed by atoms with Crippen LogP contribution in [0.2, 0.25) is 0 Å². The summed E-state index contributed by atoms with van der Waals surface area (Å²) in [5, 5.41) is 0. The molecule has 2 saturated carbocycles. The Kier molecular flexibility index (Phi) is 5.02. The number of ether oxygens (including phenoxy) is 2. The van der Waals surface area contributed by atoms with Crippen molar-refractivity contribution in [3.63, 3.8) is 0 Å². The molecule has 5 atom stereocenters. The molecule has 0 heterocycles. The van der Waals surface area contributed by atoms with Crippen molar-refractivity contribution in [2.45, 2.75) is 58.4 Å². The smallest absolute Gasteiger partial charge is 0.202 e. The van der Waals surface area contributed by atoms with E-state index < -0.39 is 6.17 Å². The highest BCUT2D eigenvalue weighted by Gasteiger charge is 2.44. The van der Waals surface area contributed by atoms with E-state index in [4.69, 9.17) is 9.47 Å². The number of benzene rings is 1. The van der Waals surface area contributed by atoms with Crippen LogP contribution in [-0.4, -0.2) is 12.9 Å². The van der Waals surface area contributed by atoms with Gasteiger partial charge in [-0.3, -0.25) is 0 Å². The van der Waals surface area contributed by atoms with E-state index in [2.05, 4.69) is 0 Å². The van der Waals surface area contributed by atoms with Gasteiger partial charge in [-0.15, -0.1) is 0 Å². The predicted molar refractivity (Wildman–Crippen MR) is 85.6 cm³/mol. The van der Waals surface area contributed by atoms with Crippen LogP contribution in [0.25, 0.3) is 0 Å². The van der Waals surface area contributed by atoms with E-state index in [1.807, 2.05) is 38.1 Å². The van der Waals surface area contributed by atoms with Crippen LogP contribution >= 0.6 is 0 Å².